The number of aliphatic carboxylic acids is 1. The fourth-order valence-electron chi connectivity index (χ4n) is 5.06. The molecule has 0 atom stereocenters. The number of fused-ring (bicyclic) bond motifs is 1. The first-order valence-electron chi connectivity index (χ1n) is 11.9. The Kier molecular flexibility index (Phi) is 6.05. The Labute approximate surface area is 202 Å². The minimum atomic E-state index is -1.24. The van der Waals surface area contributed by atoms with Gasteiger partial charge in [-0.05, 0) is 50.5 Å². The van der Waals surface area contributed by atoms with Crippen LogP contribution in [0.1, 0.15) is 43.6 Å². The maximum Gasteiger partial charge on any atom is 0.341 e. The molecule has 1 aliphatic carbocycles. The molecule has 0 unspecified atom stereocenters. The second-order valence-corrected chi connectivity index (χ2v) is 9.38. The van der Waals surface area contributed by atoms with Gasteiger partial charge in [-0.3, -0.25) is 4.98 Å². The van der Waals surface area contributed by atoms with Gasteiger partial charge in [-0.1, -0.05) is 36.6 Å². The number of aryl methyl sites for hydroxylation is 2. The summed E-state index contributed by atoms with van der Waals surface area (Å²) in [6.07, 6.45) is 7.79. The fourth-order valence-corrected chi connectivity index (χ4v) is 5.06. The van der Waals surface area contributed by atoms with Crippen molar-refractivity contribution in [3.05, 3.63) is 54.2 Å². The molecule has 1 aromatic carbocycles. The molecule has 5 rings (SSSR count). The third-order valence-electron chi connectivity index (χ3n) is 6.77. The number of carboxylic acids is 1. The van der Waals surface area contributed by atoms with E-state index in [2.05, 4.69) is 5.16 Å². The highest BCUT2D eigenvalue weighted by atomic mass is 19.1. The maximum absolute atomic E-state index is 15.8. The van der Waals surface area contributed by atoms with E-state index < -0.39 is 18.2 Å². The van der Waals surface area contributed by atoms with Gasteiger partial charge in [0.1, 0.15) is 17.2 Å². The number of pyridine rings is 1. The predicted octanol–water partition coefficient (Wildman–Crippen LogP) is 6.11. The van der Waals surface area contributed by atoms with E-state index >= 15 is 4.39 Å². The van der Waals surface area contributed by atoms with E-state index in [0.717, 1.165) is 58.2 Å². The lowest BCUT2D eigenvalue weighted by Gasteiger charge is -2.30. The predicted molar refractivity (Wildman–Crippen MR) is 130 cm³/mol. The van der Waals surface area contributed by atoms with Crippen LogP contribution in [0, 0.1) is 13.8 Å². The third kappa shape index (κ3) is 4.65. The highest BCUT2D eigenvalue weighted by Gasteiger charge is 2.33. The van der Waals surface area contributed by atoms with E-state index in [0.29, 0.717) is 24.4 Å². The van der Waals surface area contributed by atoms with Crippen LogP contribution in [-0.2, 0) is 11.3 Å². The largest absolute Gasteiger partial charge is 0.482 e. The molecule has 0 saturated heterocycles. The van der Waals surface area contributed by atoms with E-state index in [1.165, 1.54) is 0 Å². The number of halogens is 1. The quantitative estimate of drug-likeness (QED) is 0.345. The first kappa shape index (κ1) is 23.1. The Balaban J connectivity index is 1.58. The molecule has 1 saturated carbocycles. The van der Waals surface area contributed by atoms with Gasteiger partial charge in [-0.25, -0.2) is 9.18 Å². The molecule has 0 radical (unpaired) electrons. The standard InChI is InChI=1S/C27H28FN3O4/c1-17-25(18(2)35-30-17)20-12-23-26(29-13-20)22(14-31(23)16-27(28)10-4-3-5-11-27)19-6-8-21(9-7-19)34-15-24(32)33/h6-9,12-14H,3-5,10-11,15-16H2,1-2H3,(H,32,33). The smallest absolute Gasteiger partial charge is 0.341 e. The number of carbonyl (C=O) groups is 1. The van der Waals surface area contributed by atoms with Crippen molar-refractivity contribution in [3.8, 4) is 28.0 Å². The summed E-state index contributed by atoms with van der Waals surface area (Å²) in [4.78, 5) is 15.6. The second kappa shape index (κ2) is 9.17. The minimum Gasteiger partial charge on any atom is -0.482 e. The number of benzene rings is 1. The summed E-state index contributed by atoms with van der Waals surface area (Å²) in [7, 11) is 0. The van der Waals surface area contributed by atoms with Crippen LogP contribution in [0.3, 0.4) is 0 Å². The molecule has 1 N–H and O–H groups in total. The van der Waals surface area contributed by atoms with Crippen LogP contribution in [0.25, 0.3) is 33.3 Å². The molecule has 1 fully saturated rings. The number of rotatable bonds is 7. The topological polar surface area (TPSA) is 90.4 Å². The number of hydrogen-bond donors (Lipinski definition) is 1. The summed E-state index contributed by atoms with van der Waals surface area (Å²) in [5, 5.41) is 12.9. The van der Waals surface area contributed by atoms with Crippen molar-refractivity contribution in [1.29, 1.82) is 0 Å². The van der Waals surface area contributed by atoms with Crippen molar-refractivity contribution in [3.63, 3.8) is 0 Å². The molecule has 1 aliphatic rings. The average molecular weight is 478 g/mol. The monoisotopic (exact) mass is 477 g/mol. The molecule has 3 heterocycles. The van der Waals surface area contributed by atoms with Crippen LogP contribution in [-0.4, -0.2) is 38.1 Å². The molecule has 0 spiro atoms. The first-order chi connectivity index (χ1) is 16.8. The lowest BCUT2D eigenvalue weighted by Crippen LogP contribution is -2.31. The summed E-state index contributed by atoms with van der Waals surface area (Å²) < 4.78 is 28.4. The summed E-state index contributed by atoms with van der Waals surface area (Å²) in [6.45, 7) is 3.64. The number of nitrogens with zero attached hydrogens (tertiary/aromatic N) is 3. The lowest BCUT2D eigenvalue weighted by molar-refractivity contribution is -0.139. The van der Waals surface area contributed by atoms with Gasteiger partial charge < -0.3 is 18.9 Å². The molecule has 35 heavy (non-hydrogen) atoms. The average Bonchev–Trinajstić information content (AvgIpc) is 3.37. The molecule has 0 amide bonds. The van der Waals surface area contributed by atoms with Gasteiger partial charge in [0.05, 0.1) is 23.3 Å². The van der Waals surface area contributed by atoms with E-state index in [-0.39, 0.29) is 6.54 Å². The van der Waals surface area contributed by atoms with Crippen LogP contribution >= 0.6 is 0 Å². The van der Waals surface area contributed by atoms with Crippen molar-refractivity contribution in [1.82, 2.24) is 14.7 Å². The number of alkyl halides is 1. The Morgan fingerprint density at radius 1 is 1.17 bits per heavy atom. The zero-order valence-corrected chi connectivity index (χ0v) is 19.9. The summed E-state index contributed by atoms with van der Waals surface area (Å²) in [5.74, 6) is 0.157. The van der Waals surface area contributed by atoms with E-state index in [4.69, 9.17) is 19.4 Å². The van der Waals surface area contributed by atoms with Gasteiger partial charge in [0.25, 0.3) is 0 Å². The molecular weight excluding hydrogens is 449 g/mol. The normalized spacial score (nSPS) is 15.4. The Morgan fingerprint density at radius 2 is 1.91 bits per heavy atom. The van der Waals surface area contributed by atoms with Crippen LogP contribution in [0.2, 0.25) is 0 Å². The Bertz CT molecular complexity index is 1350. The van der Waals surface area contributed by atoms with E-state index in [9.17, 15) is 4.79 Å². The van der Waals surface area contributed by atoms with Crippen molar-refractivity contribution < 1.29 is 23.6 Å². The van der Waals surface area contributed by atoms with Crippen molar-refractivity contribution >= 4 is 17.0 Å². The van der Waals surface area contributed by atoms with Crippen LogP contribution in [0.4, 0.5) is 4.39 Å². The fraction of sp³-hybridized carbons (Fsp3) is 0.370. The highest BCUT2D eigenvalue weighted by molar-refractivity contribution is 5.95. The van der Waals surface area contributed by atoms with Gasteiger partial charge in [-0.2, -0.15) is 0 Å². The molecule has 0 bridgehead atoms. The van der Waals surface area contributed by atoms with Gasteiger partial charge in [-0.15, -0.1) is 0 Å². The van der Waals surface area contributed by atoms with Gasteiger partial charge >= 0.3 is 5.97 Å². The van der Waals surface area contributed by atoms with Crippen molar-refractivity contribution in [2.45, 2.75) is 58.2 Å². The zero-order chi connectivity index (χ0) is 24.6. The minimum absolute atomic E-state index is 0.274. The third-order valence-corrected chi connectivity index (χ3v) is 6.77. The van der Waals surface area contributed by atoms with Crippen LogP contribution in [0.15, 0.2) is 47.2 Å². The Hall–Kier alpha value is -3.68. The number of ether oxygens (including phenoxy) is 1. The van der Waals surface area contributed by atoms with E-state index in [1.807, 2.05) is 42.8 Å². The van der Waals surface area contributed by atoms with Crippen LogP contribution in [0.5, 0.6) is 5.75 Å². The summed E-state index contributed by atoms with van der Waals surface area (Å²) >= 11 is 0. The van der Waals surface area contributed by atoms with Gasteiger partial charge in [0, 0.05) is 29.1 Å². The number of aromatic nitrogens is 3. The molecule has 4 aromatic rings. The molecule has 8 heteroatoms. The maximum atomic E-state index is 15.8. The molecule has 3 aromatic heterocycles. The molecular formula is C27H28FN3O4. The Morgan fingerprint density at radius 3 is 2.57 bits per heavy atom. The van der Waals surface area contributed by atoms with Crippen LogP contribution < -0.4 is 4.74 Å². The van der Waals surface area contributed by atoms with Crippen molar-refractivity contribution in [2.24, 2.45) is 0 Å². The highest BCUT2D eigenvalue weighted by Crippen LogP contribution is 2.38. The summed E-state index contributed by atoms with van der Waals surface area (Å²) in [6, 6.07) is 9.24. The van der Waals surface area contributed by atoms with Gasteiger partial charge in [0.15, 0.2) is 6.61 Å². The number of carboxylic acid groups (broad SMARTS) is 1. The van der Waals surface area contributed by atoms with Crippen molar-refractivity contribution in [2.75, 3.05) is 6.61 Å². The molecule has 182 valence electrons. The molecule has 0 aliphatic heterocycles. The lowest BCUT2D eigenvalue weighted by atomic mass is 9.86. The first-order valence-corrected chi connectivity index (χ1v) is 11.9. The SMILES string of the molecule is Cc1noc(C)c1-c1cnc2c(-c3ccc(OCC(=O)O)cc3)cn(CC3(F)CCCCC3)c2c1. The number of hydrogen-bond acceptors (Lipinski definition) is 5. The zero-order valence-electron chi connectivity index (χ0n) is 19.9. The van der Waals surface area contributed by atoms with E-state index in [1.54, 1.807) is 18.3 Å². The van der Waals surface area contributed by atoms with Gasteiger partial charge in [0.2, 0.25) is 0 Å². The molecule has 7 nitrogen and oxygen atoms in total. The summed E-state index contributed by atoms with van der Waals surface area (Å²) in [5.41, 5.74) is 4.74. The second-order valence-electron chi connectivity index (χ2n) is 9.38.